The molecule has 2 unspecified atom stereocenters. The maximum absolute atomic E-state index is 6.07. The SMILES string of the molecule is CCCNCC(C)C(C)Cc1cc(Cl)ccc1OC. The number of halogens is 1. The average Bonchev–Trinajstić information content (AvgIpc) is 2.39. The number of rotatable bonds is 8. The van der Waals surface area contributed by atoms with Gasteiger partial charge in [0.05, 0.1) is 7.11 Å². The zero-order valence-electron chi connectivity index (χ0n) is 12.5. The van der Waals surface area contributed by atoms with Crippen molar-refractivity contribution in [3.63, 3.8) is 0 Å². The zero-order chi connectivity index (χ0) is 14.3. The van der Waals surface area contributed by atoms with E-state index in [2.05, 4.69) is 26.1 Å². The van der Waals surface area contributed by atoms with Crippen LogP contribution in [-0.2, 0) is 6.42 Å². The van der Waals surface area contributed by atoms with Crippen LogP contribution in [-0.4, -0.2) is 20.2 Å². The number of methoxy groups -OCH3 is 1. The molecule has 0 fully saturated rings. The topological polar surface area (TPSA) is 21.3 Å². The van der Waals surface area contributed by atoms with Gasteiger partial charge in [0, 0.05) is 5.02 Å². The Morgan fingerprint density at radius 2 is 2.00 bits per heavy atom. The molecule has 1 rings (SSSR count). The molecular weight excluding hydrogens is 258 g/mol. The van der Waals surface area contributed by atoms with Crippen LogP contribution >= 0.6 is 11.6 Å². The molecule has 0 amide bonds. The summed E-state index contributed by atoms with van der Waals surface area (Å²) in [6.07, 6.45) is 2.18. The molecular formula is C16H26ClNO. The Morgan fingerprint density at radius 1 is 1.26 bits per heavy atom. The molecule has 0 aliphatic heterocycles. The van der Waals surface area contributed by atoms with Gasteiger partial charge in [-0.25, -0.2) is 0 Å². The van der Waals surface area contributed by atoms with E-state index in [9.17, 15) is 0 Å². The lowest BCUT2D eigenvalue weighted by atomic mass is 9.89. The van der Waals surface area contributed by atoms with E-state index >= 15 is 0 Å². The van der Waals surface area contributed by atoms with Crippen molar-refractivity contribution in [2.75, 3.05) is 20.2 Å². The first-order valence-corrected chi connectivity index (χ1v) is 7.49. The molecule has 19 heavy (non-hydrogen) atoms. The summed E-state index contributed by atoms with van der Waals surface area (Å²) < 4.78 is 5.41. The first-order valence-electron chi connectivity index (χ1n) is 7.11. The molecule has 0 bridgehead atoms. The van der Waals surface area contributed by atoms with E-state index in [1.807, 2.05) is 18.2 Å². The lowest BCUT2D eigenvalue weighted by molar-refractivity contribution is 0.355. The van der Waals surface area contributed by atoms with Gasteiger partial charge in [0.15, 0.2) is 0 Å². The molecule has 2 atom stereocenters. The molecule has 0 aromatic heterocycles. The van der Waals surface area contributed by atoms with Crippen LogP contribution in [0.4, 0.5) is 0 Å². The summed E-state index contributed by atoms with van der Waals surface area (Å²) >= 11 is 6.07. The number of benzene rings is 1. The average molecular weight is 284 g/mol. The van der Waals surface area contributed by atoms with Crippen LogP contribution in [0.25, 0.3) is 0 Å². The van der Waals surface area contributed by atoms with Gasteiger partial charge in [-0.15, -0.1) is 0 Å². The smallest absolute Gasteiger partial charge is 0.122 e. The minimum absolute atomic E-state index is 0.594. The molecule has 0 heterocycles. The molecule has 3 heteroatoms. The van der Waals surface area contributed by atoms with E-state index in [1.54, 1.807) is 7.11 Å². The number of nitrogens with one attached hydrogen (secondary N) is 1. The fourth-order valence-corrected chi connectivity index (χ4v) is 2.36. The largest absolute Gasteiger partial charge is 0.496 e. The van der Waals surface area contributed by atoms with Gasteiger partial charge in [-0.05, 0) is 61.5 Å². The summed E-state index contributed by atoms with van der Waals surface area (Å²) in [5.74, 6) is 2.16. The number of hydrogen-bond donors (Lipinski definition) is 1. The van der Waals surface area contributed by atoms with Crippen LogP contribution in [0.5, 0.6) is 5.75 Å². The second-order valence-electron chi connectivity index (χ2n) is 5.32. The standard InChI is InChI=1S/C16H26ClNO/c1-5-8-18-11-13(3)12(2)9-14-10-15(17)6-7-16(14)19-4/h6-7,10,12-13,18H,5,8-9,11H2,1-4H3. The van der Waals surface area contributed by atoms with Crippen molar-refractivity contribution in [2.45, 2.75) is 33.6 Å². The van der Waals surface area contributed by atoms with Gasteiger partial charge in [0.2, 0.25) is 0 Å². The Labute approximate surface area is 122 Å². The third-order valence-electron chi connectivity index (χ3n) is 3.65. The van der Waals surface area contributed by atoms with Crippen LogP contribution in [0.15, 0.2) is 18.2 Å². The quantitative estimate of drug-likeness (QED) is 0.723. The molecule has 1 N–H and O–H groups in total. The molecule has 108 valence electrons. The summed E-state index contributed by atoms with van der Waals surface area (Å²) in [5, 5.41) is 4.26. The molecule has 0 saturated carbocycles. The summed E-state index contributed by atoms with van der Waals surface area (Å²) in [6, 6.07) is 5.84. The van der Waals surface area contributed by atoms with E-state index in [0.717, 1.165) is 30.3 Å². The maximum Gasteiger partial charge on any atom is 0.122 e. The van der Waals surface area contributed by atoms with E-state index < -0.39 is 0 Å². The van der Waals surface area contributed by atoms with Crippen LogP contribution < -0.4 is 10.1 Å². The minimum Gasteiger partial charge on any atom is -0.496 e. The number of ether oxygens (including phenoxy) is 1. The predicted molar refractivity (Wildman–Crippen MR) is 83.2 cm³/mol. The van der Waals surface area contributed by atoms with E-state index in [0.29, 0.717) is 11.8 Å². The second kappa shape index (κ2) is 8.44. The minimum atomic E-state index is 0.594. The molecule has 0 radical (unpaired) electrons. The van der Waals surface area contributed by atoms with Crippen LogP contribution in [0.1, 0.15) is 32.8 Å². The molecule has 1 aromatic carbocycles. The highest BCUT2D eigenvalue weighted by Gasteiger charge is 2.15. The zero-order valence-corrected chi connectivity index (χ0v) is 13.3. The molecule has 0 aliphatic rings. The van der Waals surface area contributed by atoms with Crippen molar-refractivity contribution in [1.82, 2.24) is 5.32 Å². The summed E-state index contributed by atoms with van der Waals surface area (Å²) in [5.41, 5.74) is 1.20. The molecule has 0 saturated heterocycles. The molecule has 2 nitrogen and oxygen atoms in total. The monoisotopic (exact) mass is 283 g/mol. The van der Waals surface area contributed by atoms with Crippen LogP contribution in [0.3, 0.4) is 0 Å². The van der Waals surface area contributed by atoms with E-state index in [-0.39, 0.29) is 0 Å². The van der Waals surface area contributed by atoms with Crippen molar-refractivity contribution in [3.05, 3.63) is 28.8 Å². The van der Waals surface area contributed by atoms with Gasteiger partial charge < -0.3 is 10.1 Å². The molecule has 0 spiro atoms. The van der Waals surface area contributed by atoms with Crippen molar-refractivity contribution < 1.29 is 4.74 Å². The van der Waals surface area contributed by atoms with Crippen LogP contribution in [0, 0.1) is 11.8 Å². The lowest BCUT2D eigenvalue weighted by Gasteiger charge is -2.21. The van der Waals surface area contributed by atoms with Gasteiger partial charge in [-0.1, -0.05) is 32.4 Å². The van der Waals surface area contributed by atoms with Gasteiger partial charge in [-0.2, -0.15) is 0 Å². The lowest BCUT2D eigenvalue weighted by Crippen LogP contribution is -2.26. The summed E-state index contributed by atoms with van der Waals surface area (Å²) in [6.45, 7) is 8.94. The fourth-order valence-electron chi connectivity index (χ4n) is 2.16. The number of hydrogen-bond acceptors (Lipinski definition) is 2. The molecule has 0 aliphatic carbocycles. The van der Waals surface area contributed by atoms with Gasteiger partial charge in [0.25, 0.3) is 0 Å². The second-order valence-corrected chi connectivity index (χ2v) is 5.76. The van der Waals surface area contributed by atoms with Crippen molar-refractivity contribution in [1.29, 1.82) is 0 Å². The van der Waals surface area contributed by atoms with E-state index in [4.69, 9.17) is 16.3 Å². The highest BCUT2D eigenvalue weighted by atomic mass is 35.5. The van der Waals surface area contributed by atoms with Crippen molar-refractivity contribution >= 4 is 11.6 Å². The van der Waals surface area contributed by atoms with Crippen molar-refractivity contribution in [3.8, 4) is 5.75 Å². The highest BCUT2D eigenvalue weighted by Crippen LogP contribution is 2.27. The van der Waals surface area contributed by atoms with Gasteiger partial charge in [-0.3, -0.25) is 0 Å². The van der Waals surface area contributed by atoms with Gasteiger partial charge in [0.1, 0.15) is 5.75 Å². The third-order valence-corrected chi connectivity index (χ3v) is 3.88. The third kappa shape index (κ3) is 5.42. The Bertz CT molecular complexity index is 381. The Hall–Kier alpha value is -0.730. The summed E-state index contributed by atoms with van der Waals surface area (Å²) in [4.78, 5) is 0. The first kappa shape index (κ1) is 16.3. The Kier molecular flexibility index (Phi) is 7.25. The molecule has 1 aromatic rings. The predicted octanol–water partition coefficient (Wildman–Crippen LogP) is 4.16. The normalized spacial score (nSPS) is 14.2. The Morgan fingerprint density at radius 3 is 2.63 bits per heavy atom. The van der Waals surface area contributed by atoms with Gasteiger partial charge >= 0.3 is 0 Å². The maximum atomic E-state index is 6.07. The first-order chi connectivity index (χ1) is 9.08. The summed E-state index contributed by atoms with van der Waals surface area (Å²) in [7, 11) is 1.71. The fraction of sp³-hybridized carbons (Fsp3) is 0.625. The van der Waals surface area contributed by atoms with Crippen LogP contribution in [0.2, 0.25) is 5.02 Å². The van der Waals surface area contributed by atoms with E-state index in [1.165, 1.54) is 12.0 Å². The van der Waals surface area contributed by atoms with Crippen molar-refractivity contribution in [2.24, 2.45) is 11.8 Å². The Balaban J connectivity index is 2.60. The highest BCUT2D eigenvalue weighted by molar-refractivity contribution is 6.30.